The minimum absolute atomic E-state index is 0. The van der Waals surface area contributed by atoms with Crippen LogP contribution in [0.5, 0.6) is 0 Å². The van der Waals surface area contributed by atoms with Gasteiger partial charge in [0.05, 0.1) is 0 Å². The average molecular weight is 286 g/mol. The van der Waals surface area contributed by atoms with E-state index < -0.39 is 48.8 Å². The van der Waals surface area contributed by atoms with E-state index in [1.165, 1.54) is 0 Å². The van der Waals surface area contributed by atoms with Gasteiger partial charge in [-0.05, 0) is 12.8 Å². The van der Waals surface area contributed by atoms with Crippen molar-refractivity contribution in [1.82, 2.24) is 0 Å². The minimum atomic E-state index is -1.71. The first-order valence-electron chi connectivity index (χ1n) is 4.31. The predicted molar refractivity (Wildman–Crippen MR) is 53.5 cm³/mol. The Bertz CT molecular complexity index is 312. The molecule has 0 aliphatic heterocycles. The summed E-state index contributed by atoms with van der Waals surface area (Å²) in [5.74, 6) is -6.50. The first kappa shape index (κ1) is 22.7. The van der Waals surface area contributed by atoms with Crippen LogP contribution >= 0.6 is 0 Å². The Labute approximate surface area is 126 Å². The van der Waals surface area contributed by atoms with Gasteiger partial charge in [-0.3, -0.25) is 0 Å². The predicted octanol–water partition coefficient (Wildman–Crippen LogP) is -5.56. The maximum absolute atomic E-state index is 9.65. The molecule has 0 saturated carbocycles. The van der Waals surface area contributed by atoms with Crippen molar-refractivity contribution in [3.63, 3.8) is 0 Å². The molecule has 2 N–H and O–H groups in total. The fourth-order valence-electron chi connectivity index (χ4n) is 0.500. The Morgan fingerprint density at radius 2 is 1.00 bits per heavy atom. The van der Waals surface area contributed by atoms with Crippen LogP contribution in [0, 0.1) is 0 Å². The van der Waals surface area contributed by atoms with E-state index in [9.17, 15) is 39.6 Å². The summed E-state index contributed by atoms with van der Waals surface area (Å²) in [5, 5.41) is 38.5. The zero-order valence-electron chi connectivity index (χ0n) is 11.5. The summed E-state index contributed by atoms with van der Waals surface area (Å²) in [6, 6.07) is -3.43. The molecular weight excluding hydrogens is 276 g/mol. The molecule has 0 amide bonds. The molecule has 0 aromatic rings. The molecule has 0 heterocycles. The van der Waals surface area contributed by atoms with Gasteiger partial charge in [0.15, 0.2) is 0 Å². The Hall–Kier alpha value is -1.43. The van der Waals surface area contributed by atoms with Crippen LogP contribution in [0.4, 0.5) is 0 Å². The number of carbonyl (C=O) groups excluding carboxylic acids is 4. The molecule has 0 saturated heterocycles. The van der Waals surface area contributed by atoms with Crippen molar-refractivity contribution in [1.29, 1.82) is 0 Å². The van der Waals surface area contributed by atoms with E-state index in [-0.39, 0.29) is 25.9 Å². The van der Waals surface area contributed by atoms with Gasteiger partial charge >= 0.3 is 25.9 Å². The van der Waals surface area contributed by atoms with E-state index in [1.54, 1.807) is 0 Å². The summed E-state index contributed by atoms with van der Waals surface area (Å²) >= 11 is 0. The summed E-state index contributed by atoms with van der Waals surface area (Å²) in [5.41, 5.74) is 12.9. The molecule has 19 heavy (non-hydrogen) atoms. The van der Waals surface area contributed by atoms with E-state index in [4.69, 9.17) is 11.5 Å². The summed E-state index contributed by atoms with van der Waals surface area (Å²) in [4.78, 5) is 38.5. The van der Waals surface area contributed by atoms with Gasteiger partial charge in [0.25, 0.3) is 0 Å². The third-order valence-corrected chi connectivity index (χ3v) is 1.31. The van der Waals surface area contributed by atoms with Crippen LogP contribution < -0.4 is 20.4 Å². The fraction of sp³-hybridized carbons (Fsp3) is 0.500. The number of hydrogen-bond donors (Lipinski definition) is 0. The van der Waals surface area contributed by atoms with Crippen LogP contribution in [0.3, 0.4) is 0 Å². The Morgan fingerprint density at radius 1 is 0.789 bits per heavy atom. The summed E-state index contributed by atoms with van der Waals surface area (Å²) < 4.78 is 0. The van der Waals surface area contributed by atoms with Crippen LogP contribution in [0.1, 0.15) is 15.7 Å². The number of nitrogens with one attached hydrogen (secondary N) is 2. The van der Waals surface area contributed by atoms with Crippen molar-refractivity contribution in [3.8, 4) is 0 Å². The summed E-state index contributed by atoms with van der Waals surface area (Å²) in [6.45, 7) is 0. The number of hydrogen-bond acceptors (Lipinski definition) is 8. The standard InChI is InChI=1S/2C4H6NO4.Mg/c2*5-2(4(8)9)1-3(6)7;/h2*2,5H,1H2,(H,6,7)(H,8,9);/q2*-1;+2/p-2. The molecule has 11 heteroatoms. The van der Waals surface area contributed by atoms with Gasteiger partial charge in [-0.1, -0.05) is 12.1 Å². The molecule has 0 radical (unpaired) electrons. The van der Waals surface area contributed by atoms with Crippen molar-refractivity contribution < 1.29 is 42.5 Å². The second kappa shape index (κ2) is 11.6. The van der Waals surface area contributed by atoms with Crippen molar-refractivity contribution in [2.24, 2.45) is 0 Å². The van der Waals surface area contributed by atoms with Crippen LogP contribution in [0.25, 0.3) is 11.5 Å². The van der Waals surface area contributed by atoms with Crippen molar-refractivity contribution in [3.05, 3.63) is 11.5 Å². The maximum atomic E-state index is 9.65. The molecule has 0 spiro atoms. The van der Waals surface area contributed by atoms with E-state index in [0.717, 1.165) is 0 Å². The molecule has 10 nitrogen and oxygen atoms in total. The maximum Gasteiger partial charge on any atom is 2.00 e. The van der Waals surface area contributed by atoms with Gasteiger partial charge in [-0.15, -0.1) is 0 Å². The topological polar surface area (TPSA) is 208 Å². The molecule has 0 aliphatic carbocycles. The zero-order chi connectivity index (χ0) is 14.9. The molecule has 0 fully saturated rings. The number of carbonyl (C=O) groups is 4. The van der Waals surface area contributed by atoms with E-state index in [2.05, 4.69) is 0 Å². The smallest absolute Gasteiger partial charge is 0.670 e. The van der Waals surface area contributed by atoms with Crippen LogP contribution in [0.15, 0.2) is 0 Å². The molecular formula is C8H10MgN2O8-2. The van der Waals surface area contributed by atoms with Crippen LogP contribution in [-0.2, 0) is 19.2 Å². The van der Waals surface area contributed by atoms with Gasteiger partial charge in [0.1, 0.15) is 0 Å². The summed E-state index contributed by atoms with van der Waals surface area (Å²) in [6.07, 6.45) is -1.63. The third-order valence-electron chi connectivity index (χ3n) is 1.31. The normalized spacial score (nSPS) is 11.9. The largest absolute Gasteiger partial charge is 2.00 e. The van der Waals surface area contributed by atoms with E-state index >= 15 is 0 Å². The second-order valence-electron chi connectivity index (χ2n) is 2.90. The molecule has 2 atom stereocenters. The minimum Gasteiger partial charge on any atom is -0.670 e. The van der Waals surface area contributed by atoms with Gasteiger partial charge in [0.2, 0.25) is 0 Å². The van der Waals surface area contributed by atoms with Gasteiger partial charge < -0.3 is 51.1 Å². The monoisotopic (exact) mass is 286 g/mol. The SMILES string of the molecule is [H+].[H+].[Mg+2].[NH-]C(CC(=O)[O-])C(=O)[O-].[NH-]C(CC(=O)[O-])C(=O)[O-]. The molecule has 2 unspecified atom stereocenters. The first-order chi connectivity index (χ1) is 8.07. The molecule has 0 bridgehead atoms. The average Bonchev–Trinajstić information content (AvgIpc) is 2.16. The molecule has 0 rings (SSSR count). The van der Waals surface area contributed by atoms with Gasteiger partial charge in [-0.25, -0.2) is 0 Å². The van der Waals surface area contributed by atoms with Crippen molar-refractivity contribution in [2.75, 3.05) is 0 Å². The zero-order valence-corrected chi connectivity index (χ0v) is 11.0. The van der Waals surface area contributed by atoms with Gasteiger partial charge in [-0.2, -0.15) is 0 Å². The molecule has 104 valence electrons. The summed E-state index contributed by atoms with van der Waals surface area (Å²) in [7, 11) is 0. The Morgan fingerprint density at radius 3 is 1.05 bits per heavy atom. The van der Waals surface area contributed by atoms with Crippen LogP contribution in [0.2, 0.25) is 0 Å². The first-order valence-corrected chi connectivity index (χ1v) is 4.31. The van der Waals surface area contributed by atoms with E-state index in [0.29, 0.717) is 0 Å². The fourth-order valence-corrected chi connectivity index (χ4v) is 0.500. The van der Waals surface area contributed by atoms with Gasteiger partial charge in [0, 0.05) is 23.9 Å². The third kappa shape index (κ3) is 16.6. The van der Waals surface area contributed by atoms with Crippen LogP contribution in [-0.4, -0.2) is 59.0 Å². The Kier molecular flexibility index (Phi) is 13.9. The second-order valence-corrected chi connectivity index (χ2v) is 2.90. The number of carboxylic acids is 4. The molecule has 0 aromatic carbocycles. The van der Waals surface area contributed by atoms with Crippen molar-refractivity contribution >= 4 is 46.9 Å². The molecule has 0 aromatic heterocycles. The van der Waals surface area contributed by atoms with E-state index in [1.807, 2.05) is 0 Å². The number of aliphatic carboxylic acids is 4. The Balaban J connectivity index is -0.0000000711. The number of carboxylic acid groups (broad SMARTS) is 4. The molecule has 0 aliphatic rings. The number of rotatable bonds is 6. The van der Waals surface area contributed by atoms with Crippen molar-refractivity contribution in [2.45, 2.75) is 24.9 Å². The quantitative estimate of drug-likeness (QED) is 0.428.